The first-order chi connectivity index (χ1) is 9.97. The average Bonchev–Trinajstić information content (AvgIpc) is 2.43. The maximum atomic E-state index is 11.9. The third-order valence-electron chi connectivity index (χ3n) is 4.01. The van der Waals surface area contributed by atoms with Crippen molar-refractivity contribution in [1.29, 1.82) is 0 Å². The molecule has 0 spiro atoms. The maximum Gasteiger partial charge on any atom is 0.315 e. The minimum Gasteiger partial charge on any atom is -0.481 e. The molecule has 6 heteroatoms. The van der Waals surface area contributed by atoms with E-state index < -0.39 is 5.97 Å². The van der Waals surface area contributed by atoms with Crippen molar-refractivity contribution in [2.24, 2.45) is 5.41 Å². The Kier molecular flexibility index (Phi) is 7.50. The number of hydrogen-bond acceptors (Lipinski definition) is 3. The minimum absolute atomic E-state index is 0.0632. The van der Waals surface area contributed by atoms with E-state index in [1.54, 1.807) is 0 Å². The highest BCUT2D eigenvalue weighted by Gasteiger charge is 2.34. The van der Waals surface area contributed by atoms with Gasteiger partial charge in [0.2, 0.25) is 0 Å². The summed E-state index contributed by atoms with van der Waals surface area (Å²) in [5, 5.41) is 14.7. The summed E-state index contributed by atoms with van der Waals surface area (Å²) < 4.78 is 5.24. The molecule has 0 aliphatic heterocycles. The highest BCUT2D eigenvalue weighted by atomic mass is 16.5. The van der Waals surface area contributed by atoms with Gasteiger partial charge in [-0.15, -0.1) is 0 Å². The van der Waals surface area contributed by atoms with Crippen molar-refractivity contribution < 1.29 is 19.4 Å². The van der Waals surface area contributed by atoms with Crippen molar-refractivity contribution in [1.82, 2.24) is 10.6 Å². The lowest BCUT2D eigenvalue weighted by atomic mass is 9.72. The molecule has 1 aliphatic rings. The van der Waals surface area contributed by atoms with Gasteiger partial charge in [-0.05, 0) is 32.1 Å². The lowest BCUT2D eigenvalue weighted by Crippen LogP contribution is -2.47. The smallest absolute Gasteiger partial charge is 0.315 e. The van der Waals surface area contributed by atoms with Gasteiger partial charge in [0.05, 0.1) is 19.1 Å². The number of ether oxygens (including phenoxy) is 1. The van der Waals surface area contributed by atoms with Gasteiger partial charge in [-0.3, -0.25) is 4.79 Å². The van der Waals surface area contributed by atoms with Gasteiger partial charge in [0.15, 0.2) is 0 Å². The number of amides is 2. The summed E-state index contributed by atoms with van der Waals surface area (Å²) in [4.78, 5) is 22.9. The molecule has 122 valence electrons. The van der Waals surface area contributed by atoms with Crippen LogP contribution in [0.3, 0.4) is 0 Å². The molecular formula is C15H28N2O4. The summed E-state index contributed by atoms with van der Waals surface area (Å²) in [7, 11) is 0. The summed E-state index contributed by atoms with van der Waals surface area (Å²) in [6.07, 6.45) is 5.09. The Morgan fingerprint density at radius 2 is 1.95 bits per heavy atom. The molecule has 3 N–H and O–H groups in total. The van der Waals surface area contributed by atoms with Crippen LogP contribution in [-0.2, 0) is 9.53 Å². The van der Waals surface area contributed by atoms with Crippen LogP contribution in [0, 0.1) is 5.41 Å². The van der Waals surface area contributed by atoms with E-state index in [9.17, 15) is 9.59 Å². The van der Waals surface area contributed by atoms with E-state index in [0.717, 1.165) is 32.1 Å². The van der Waals surface area contributed by atoms with Gasteiger partial charge in [-0.1, -0.05) is 19.3 Å². The molecule has 1 rings (SSSR count). The zero-order valence-electron chi connectivity index (χ0n) is 13.1. The molecule has 1 saturated carbocycles. The van der Waals surface area contributed by atoms with Gasteiger partial charge in [0, 0.05) is 13.2 Å². The van der Waals surface area contributed by atoms with Crippen LogP contribution in [-0.4, -0.2) is 42.9 Å². The van der Waals surface area contributed by atoms with Gasteiger partial charge >= 0.3 is 12.0 Å². The van der Waals surface area contributed by atoms with Crippen molar-refractivity contribution in [2.75, 3.05) is 19.8 Å². The van der Waals surface area contributed by atoms with E-state index in [1.807, 2.05) is 13.8 Å². The van der Waals surface area contributed by atoms with E-state index in [2.05, 4.69) is 10.6 Å². The molecule has 0 radical (unpaired) electrons. The lowest BCUT2D eigenvalue weighted by molar-refractivity contribution is -0.140. The number of hydrogen-bond donors (Lipinski definition) is 3. The van der Waals surface area contributed by atoms with Crippen molar-refractivity contribution in [3.63, 3.8) is 0 Å². The molecule has 0 aromatic heterocycles. The number of rotatable bonds is 8. The Morgan fingerprint density at radius 1 is 1.29 bits per heavy atom. The number of urea groups is 1. The van der Waals surface area contributed by atoms with E-state index in [-0.39, 0.29) is 23.9 Å². The predicted octanol–water partition coefficient (Wildman–Crippen LogP) is 2.14. The second kappa shape index (κ2) is 8.87. The van der Waals surface area contributed by atoms with Gasteiger partial charge in [0.25, 0.3) is 0 Å². The monoisotopic (exact) mass is 300 g/mol. The molecule has 0 bridgehead atoms. The number of carbonyl (C=O) groups is 2. The Bertz CT molecular complexity index is 341. The lowest BCUT2D eigenvalue weighted by Gasteiger charge is -2.36. The molecule has 0 aromatic rings. The van der Waals surface area contributed by atoms with Crippen molar-refractivity contribution in [3.05, 3.63) is 0 Å². The van der Waals surface area contributed by atoms with Crippen LogP contribution in [0.4, 0.5) is 4.79 Å². The van der Waals surface area contributed by atoms with Gasteiger partial charge in [-0.2, -0.15) is 0 Å². The quantitative estimate of drug-likeness (QED) is 0.641. The normalized spacial score (nSPS) is 18.8. The summed E-state index contributed by atoms with van der Waals surface area (Å²) in [5.41, 5.74) is -0.287. The summed E-state index contributed by atoms with van der Waals surface area (Å²) in [6, 6.07) is -0.315. The Balaban J connectivity index is 2.41. The van der Waals surface area contributed by atoms with Crippen LogP contribution >= 0.6 is 0 Å². The van der Waals surface area contributed by atoms with Crippen molar-refractivity contribution >= 4 is 12.0 Å². The summed E-state index contributed by atoms with van der Waals surface area (Å²) >= 11 is 0. The molecule has 1 atom stereocenters. The molecule has 1 fully saturated rings. The highest BCUT2D eigenvalue weighted by molar-refractivity contribution is 5.74. The van der Waals surface area contributed by atoms with Crippen molar-refractivity contribution in [3.8, 4) is 0 Å². The fourth-order valence-electron chi connectivity index (χ4n) is 2.92. The number of nitrogens with one attached hydrogen (secondary N) is 2. The second-order valence-corrected chi connectivity index (χ2v) is 6.02. The van der Waals surface area contributed by atoms with Gasteiger partial charge < -0.3 is 20.5 Å². The number of carboxylic acids is 1. The molecule has 2 amide bonds. The standard InChI is InChI=1S/C15H28N2O4/c1-3-21-10-12(2)17-14(20)16-11-15(9-13(18)19)7-5-4-6-8-15/h12H,3-11H2,1-2H3,(H,18,19)(H2,16,17,20). The second-order valence-electron chi connectivity index (χ2n) is 6.02. The van der Waals surface area contributed by atoms with Crippen LogP contribution in [0.1, 0.15) is 52.4 Å². The first kappa shape index (κ1) is 17.8. The van der Waals surface area contributed by atoms with Crippen LogP contribution < -0.4 is 10.6 Å². The molecule has 1 aliphatic carbocycles. The highest BCUT2D eigenvalue weighted by Crippen LogP contribution is 2.38. The number of carbonyl (C=O) groups excluding carboxylic acids is 1. The first-order valence-electron chi connectivity index (χ1n) is 7.81. The fraction of sp³-hybridized carbons (Fsp3) is 0.867. The molecule has 0 heterocycles. The van der Waals surface area contributed by atoms with Crippen LogP contribution in [0.2, 0.25) is 0 Å². The average molecular weight is 300 g/mol. The largest absolute Gasteiger partial charge is 0.481 e. The zero-order chi connectivity index (χ0) is 15.7. The third kappa shape index (κ3) is 6.80. The number of aliphatic carboxylic acids is 1. The Labute approximate surface area is 126 Å². The summed E-state index contributed by atoms with van der Waals surface area (Å²) in [6.45, 7) is 5.31. The van der Waals surface area contributed by atoms with E-state index >= 15 is 0 Å². The molecule has 1 unspecified atom stereocenters. The van der Waals surface area contributed by atoms with Crippen LogP contribution in [0.5, 0.6) is 0 Å². The van der Waals surface area contributed by atoms with E-state index in [1.165, 1.54) is 0 Å². The van der Waals surface area contributed by atoms with Crippen LogP contribution in [0.15, 0.2) is 0 Å². The molecular weight excluding hydrogens is 272 g/mol. The van der Waals surface area contributed by atoms with Crippen LogP contribution in [0.25, 0.3) is 0 Å². The molecule has 0 saturated heterocycles. The SMILES string of the molecule is CCOCC(C)NC(=O)NCC1(CC(=O)O)CCCCC1. The molecule has 0 aromatic carbocycles. The topological polar surface area (TPSA) is 87.7 Å². The Morgan fingerprint density at radius 3 is 2.52 bits per heavy atom. The molecule has 21 heavy (non-hydrogen) atoms. The fourth-order valence-corrected chi connectivity index (χ4v) is 2.92. The predicted molar refractivity (Wildman–Crippen MR) is 80.3 cm³/mol. The van der Waals surface area contributed by atoms with E-state index in [0.29, 0.717) is 19.8 Å². The maximum absolute atomic E-state index is 11.9. The van der Waals surface area contributed by atoms with Gasteiger partial charge in [0.1, 0.15) is 0 Å². The Hall–Kier alpha value is -1.30. The minimum atomic E-state index is -0.788. The van der Waals surface area contributed by atoms with Crippen molar-refractivity contribution in [2.45, 2.75) is 58.4 Å². The zero-order valence-corrected chi connectivity index (χ0v) is 13.1. The molecule has 6 nitrogen and oxygen atoms in total. The number of carboxylic acid groups (broad SMARTS) is 1. The first-order valence-corrected chi connectivity index (χ1v) is 7.81. The van der Waals surface area contributed by atoms with E-state index in [4.69, 9.17) is 9.84 Å². The third-order valence-corrected chi connectivity index (χ3v) is 4.01. The van der Waals surface area contributed by atoms with Gasteiger partial charge in [-0.25, -0.2) is 4.79 Å². The summed E-state index contributed by atoms with van der Waals surface area (Å²) in [5.74, 6) is -0.788.